The second-order valence-electron chi connectivity index (χ2n) is 3.32. The van der Waals surface area contributed by atoms with E-state index in [2.05, 4.69) is 39.8 Å². The van der Waals surface area contributed by atoms with Gasteiger partial charge in [-0.25, -0.2) is 0 Å². The van der Waals surface area contributed by atoms with Gasteiger partial charge in [-0.2, -0.15) is 0 Å². The summed E-state index contributed by atoms with van der Waals surface area (Å²) in [5, 5.41) is 11.8. The van der Waals surface area contributed by atoms with Gasteiger partial charge in [0.2, 0.25) is 0 Å². The number of nitrogens with two attached hydrogens (primary N) is 1. The van der Waals surface area contributed by atoms with Crippen LogP contribution >= 0.6 is 15.9 Å². The summed E-state index contributed by atoms with van der Waals surface area (Å²) in [5.41, 5.74) is 7.38. The highest BCUT2D eigenvalue weighted by molar-refractivity contribution is 9.10. The Morgan fingerprint density at radius 1 is 1.44 bits per heavy atom. The van der Waals surface area contributed by atoms with Gasteiger partial charge in [-0.15, -0.1) is 0 Å². The van der Waals surface area contributed by atoms with E-state index in [4.69, 9.17) is 10.9 Å². The van der Waals surface area contributed by atoms with Crippen LogP contribution in [0.3, 0.4) is 0 Å². The number of benzene rings is 1. The van der Waals surface area contributed by atoms with Crippen molar-refractivity contribution in [3.63, 3.8) is 0 Å². The average Bonchev–Trinajstić information content (AvgIpc) is 2.31. The molecule has 0 atom stereocenters. The topological polar surface area (TPSA) is 61.8 Å². The van der Waals surface area contributed by atoms with Gasteiger partial charge >= 0.3 is 0 Å². The van der Waals surface area contributed by atoms with Crippen molar-refractivity contribution in [2.24, 2.45) is 10.9 Å². The second-order valence-corrected chi connectivity index (χ2v) is 4.23. The highest BCUT2D eigenvalue weighted by Gasteiger charge is 2.12. The number of anilines is 1. The highest BCUT2D eigenvalue weighted by Crippen LogP contribution is 2.24. The third-order valence-corrected chi connectivity index (χ3v) is 2.94. The van der Waals surface area contributed by atoms with Gasteiger partial charge in [-0.1, -0.05) is 21.1 Å². The number of halogens is 1. The molecular formula is C11H16BrN3O. The molecule has 0 fully saturated rings. The molecule has 0 unspecified atom stereocenters. The van der Waals surface area contributed by atoms with Crippen molar-refractivity contribution in [2.75, 3.05) is 18.0 Å². The SMILES string of the molecule is CCN(CC)c1ccc(Br)cc1/C(N)=N/O. The fourth-order valence-corrected chi connectivity index (χ4v) is 1.97. The first-order chi connectivity index (χ1) is 7.63. The van der Waals surface area contributed by atoms with Crippen molar-refractivity contribution in [1.82, 2.24) is 0 Å². The van der Waals surface area contributed by atoms with Crippen LogP contribution in [0, 0.1) is 0 Å². The van der Waals surface area contributed by atoms with E-state index in [1.807, 2.05) is 18.2 Å². The summed E-state index contributed by atoms with van der Waals surface area (Å²) in [4.78, 5) is 2.15. The van der Waals surface area contributed by atoms with Crippen molar-refractivity contribution in [3.05, 3.63) is 28.2 Å². The largest absolute Gasteiger partial charge is 0.409 e. The van der Waals surface area contributed by atoms with E-state index in [0.717, 1.165) is 28.8 Å². The van der Waals surface area contributed by atoms with Crippen LogP contribution in [-0.2, 0) is 0 Å². The minimum atomic E-state index is 0.128. The minimum Gasteiger partial charge on any atom is -0.409 e. The van der Waals surface area contributed by atoms with Gasteiger partial charge < -0.3 is 15.8 Å². The zero-order chi connectivity index (χ0) is 12.1. The van der Waals surface area contributed by atoms with Gasteiger partial charge in [-0.3, -0.25) is 0 Å². The Hall–Kier alpha value is -1.23. The molecule has 0 aliphatic carbocycles. The predicted molar refractivity (Wildman–Crippen MR) is 70.2 cm³/mol. The first-order valence-corrected chi connectivity index (χ1v) is 5.95. The van der Waals surface area contributed by atoms with Crippen molar-refractivity contribution < 1.29 is 5.21 Å². The normalized spacial score (nSPS) is 11.6. The lowest BCUT2D eigenvalue weighted by atomic mass is 10.1. The molecular weight excluding hydrogens is 270 g/mol. The summed E-state index contributed by atoms with van der Waals surface area (Å²) in [7, 11) is 0. The van der Waals surface area contributed by atoms with E-state index in [-0.39, 0.29) is 5.84 Å². The number of hydrogen-bond acceptors (Lipinski definition) is 3. The fourth-order valence-electron chi connectivity index (χ4n) is 1.61. The van der Waals surface area contributed by atoms with E-state index in [1.54, 1.807) is 0 Å². The van der Waals surface area contributed by atoms with Crippen LogP contribution in [0.25, 0.3) is 0 Å². The molecule has 1 rings (SSSR count). The van der Waals surface area contributed by atoms with Crippen LogP contribution < -0.4 is 10.6 Å². The molecule has 0 aliphatic heterocycles. The summed E-state index contributed by atoms with van der Waals surface area (Å²) in [6.07, 6.45) is 0. The molecule has 1 aromatic rings. The number of hydrogen-bond donors (Lipinski definition) is 2. The van der Waals surface area contributed by atoms with Crippen molar-refractivity contribution in [3.8, 4) is 0 Å². The Kier molecular flexibility index (Phi) is 4.61. The Morgan fingerprint density at radius 2 is 2.06 bits per heavy atom. The molecule has 3 N–H and O–H groups in total. The van der Waals surface area contributed by atoms with Crippen LogP contribution in [0.5, 0.6) is 0 Å². The Labute approximate surface area is 104 Å². The van der Waals surface area contributed by atoms with Crippen LogP contribution in [-0.4, -0.2) is 24.1 Å². The lowest BCUT2D eigenvalue weighted by Crippen LogP contribution is -2.26. The first-order valence-electron chi connectivity index (χ1n) is 5.16. The highest BCUT2D eigenvalue weighted by atomic mass is 79.9. The van der Waals surface area contributed by atoms with Gasteiger partial charge in [-0.05, 0) is 32.0 Å². The molecule has 0 aliphatic rings. The third kappa shape index (κ3) is 2.66. The van der Waals surface area contributed by atoms with E-state index in [9.17, 15) is 0 Å². The molecule has 5 heteroatoms. The Balaban J connectivity index is 3.27. The smallest absolute Gasteiger partial charge is 0.172 e. The second kappa shape index (κ2) is 5.75. The maximum atomic E-state index is 8.76. The fraction of sp³-hybridized carbons (Fsp3) is 0.364. The molecule has 0 radical (unpaired) electrons. The molecule has 0 aromatic heterocycles. The lowest BCUT2D eigenvalue weighted by Gasteiger charge is -2.23. The summed E-state index contributed by atoms with van der Waals surface area (Å²) in [6, 6.07) is 5.76. The average molecular weight is 286 g/mol. The van der Waals surface area contributed by atoms with E-state index in [0.29, 0.717) is 0 Å². The van der Waals surface area contributed by atoms with Crippen molar-refractivity contribution in [1.29, 1.82) is 0 Å². The zero-order valence-electron chi connectivity index (χ0n) is 9.44. The molecule has 0 saturated carbocycles. The van der Waals surface area contributed by atoms with E-state index < -0.39 is 0 Å². The Morgan fingerprint density at radius 3 is 2.56 bits per heavy atom. The molecule has 4 nitrogen and oxygen atoms in total. The van der Waals surface area contributed by atoms with Gasteiger partial charge in [0.15, 0.2) is 5.84 Å². The summed E-state index contributed by atoms with van der Waals surface area (Å²) in [5.74, 6) is 0.128. The molecule has 0 amide bonds. The first kappa shape index (κ1) is 12.8. The van der Waals surface area contributed by atoms with Crippen LogP contribution in [0.2, 0.25) is 0 Å². The van der Waals surface area contributed by atoms with Gasteiger partial charge in [0.1, 0.15) is 0 Å². The van der Waals surface area contributed by atoms with Crippen LogP contribution in [0.4, 0.5) is 5.69 Å². The van der Waals surface area contributed by atoms with Crippen LogP contribution in [0.15, 0.2) is 27.8 Å². The number of nitrogens with zero attached hydrogens (tertiary/aromatic N) is 2. The van der Waals surface area contributed by atoms with Crippen molar-refractivity contribution >= 4 is 27.5 Å². The minimum absolute atomic E-state index is 0.128. The van der Waals surface area contributed by atoms with Gasteiger partial charge in [0, 0.05) is 28.8 Å². The van der Waals surface area contributed by atoms with Gasteiger partial charge in [0.25, 0.3) is 0 Å². The standard InChI is InChI=1S/C11H16BrN3O/c1-3-15(4-2)10-6-5-8(12)7-9(10)11(13)14-16/h5-7,16H,3-4H2,1-2H3,(H2,13,14). The molecule has 1 aromatic carbocycles. The Bertz CT molecular complexity index is 389. The van der Waals surface area contributed by atoms with Gasteiger partial charge in [0.05, 0.1) is 0 Å². The number of oxime groups is 1. The molecule has 0 saturated heterocycles. The van der Waals surface area contributed by atoms with E-state index in [1.165, 1.54) is 0 Å². The van der Waals surface area contributed by atoms with E-state index >= 15 is 0 Å². The molecule has 0 bridgehead atoms. The molecule has 0 spiro atoms. The van der Waals surface area contributed by atoms with Crippen LogP contribution in [0.1, 0.15) is 19.4 Å². The molecule has 0 heterocycles. The summed E-state index contributed by atoms with van der Waals surface area (Å²) < 4.78 is 0.907. The maximum Gasteiger partial charge on any atom is 0.172 e. The maximum absolute atomic E-state index is 8.76. The number of amidine groups is 1. The number of rotatable bonds is 4. The summed E-state index contributed by atoms with van der Waals surface area (Å²) in [6.45, 7) is 5.90. The quantitative estimate of drug-likeness (QED) is 0.386. The zero-order valence-corrected chi connectivity index (χ0v) is 11.0. The monoisotopic (exact) mass is 285 g/mol. The predicted octanol–water partition coefficient (Wildman–Crippen LogP) is 2.39. The lowest BCUT2D eigenvalue weighted by molar-refractivity contribution is 0.318. The summed E-state index contributed by atoms with van der Waals surface area (Å²) >= 11 is 3.38. The third-order valence-electron chi connectivity index (χ3n) is 2.45. The van der Waals surface area contributed by atoms with Crippen molar-refractivity contribution in [2.45, 2.75) is 13.8 Å². The molecule has 16 heavy (non-hydrogen) atoms. The molecule has 88 valence electrons.